The third-order valence-electron chi connectivity index (χ3n) is 2.38. The first-order chi connectivity index (χ1) is 8.67. The van der Waals surface area contributed by atoms with E-state index in [0.717, 1.165) is 16.9 Å². The summed E-state index contributed by atoms with van der Waals surface area (Å²) in [5.41, 5.74) is 8.27. The molecule has 2 aromatic rings. The Labute approximate surface area is 105 Å². The number of hydrogen-bond acceptors (Lipinski definition) is 5. The molecule has 18 heavy (non-hydrogen) atoms. The van der Waals surface area contributed by atoms with Gasteiger partial charge in [0.2, 0.25) is 5.95 Å². The highest BCUT2D eigenvalue weighted by Crippen LogP contribution is 2.16. The number of aromatic nitrogens is 2. The topological polar surface area (TPSA) is 87.6 Å². The first kappa shape index (κ1) is 11.9. The van der Waals surface area contributed by atoms with Gasteiger partial charge in [-0.1, -0.05) is 12.1 Å². The lowest BCUT2D eigenvalue weighted by atomic mass is 10.1. The average molecular weight is 239 g/mol. The molecule has 1 heterocycles. The van der Waals surface area contributed by atoms with E-state index in [2.05, 4.69) is 21.4 Å². The summed E-state index contributed by atoms with van der Waals surface area (Å²) < 4.78 is 0. The van der Waals surface area contributed by atoms with Crippen LogP contribution in [0.1, 0.15) is 11.3 Å². The van der Waals surface area contributed by atoms with Gasteiger partial charge in [-0.25, -0.2) is 4.98 Å². The van der Waals surface area contributed by atoms with Gasteiger partial charge in [0.1, 0.15) is 5.82 Å². The molecule has 0 aliphatic rings. The average Bonchev–Trinajstić information content (AvgIpc) is 2.31. The molecule has 90 valence electrons. The molecular formula is C13H13N5. The molecule has 0 atom stereocenters. The van der Waals surface area contributed by atoms with Crippen molar-refractivity contribution in [2.24, 2.45) is 0 Å². The number of nitrogen functional groups attached to an aromatic ring is 1. The van der Waals surface area contributed by atoms with Crippen LogP contribution in [0.5, 0.6) is 0 Å². The highest BCUT2D eigenvalue weighted by atomic mass is 15.1. The van der Waals surface area contributed by atoms with Gasteiger partial charge in [0.15, 0.2) is 0 Å². The number of nitrogens with zero attached hydrogens (tertiary/aromatic N) is 3. The Hall–Kier alpha value is -2.61. The highest BCUT2D eigenvalue weighted by Gasteiger charge is 2.00. The molecule has 2 rings (SSSR count). The Morgan fingerprint density at radius 2 is 2.00 bits per heavy atom. The number of nitriles is 1. The molecule has 5 heteroatoms. The predicted octanol–water partition coefficient (Wildman–Crippen LogP) is 2.18. The molecule has 5 nitrogen and oxygen atoms in total. The zero-order valence-corrected chi connectivity index (χ0v) is 10.0. The molecule has 0 aliphatic heterocycles. The Bertz CT molecular complexity index is 563. The van der Waals surface area contributed by atoms with Crippen molar-refractivity contribution in [3.63, 3.8) is 0 Å². The Kier molecular flexibility index (Phi) is 3.39. The number of nitrogens with one attached hydrogen (secondary N) is 1. The van der Waals surface area contributed by atoms with Gasteiger partial charge in [-0.3, -0.25) is 0 Å². The van der Waals surface area contributed by atoms with E-state index >= 15 is 0 Å². The van der Waals surface area contributed by atoms with Crippen molar-refractivity contribution < 1.29 is 0 Å². The third kappa shape index (κ3) is 2.95. The molecular weight excluding hydrogens is 226 g/mol. The molecule has 0 aliphatic carbocycles. The number of benzene rings is 1. The summed E-state index contributed by atoms with van der Waals surface area (Å²) in [6, 6.07) is 11.5. The molecule has 0 saturated heterocycles. The van der Waals surface area contributed by atoms with Crippen molar-refractivity contribution in [3.05, 3.63) is 41.6 Å². The molecule has 1 aromatic heterocycles. The fourth-order valence-electron chi connectivity index (χ4n) is 1.60. The Morgan fingerprint density at radius 3 is 2.61 bits per heavy atom. The molecule has 3 N–H and O–H groups in total. The second kappa shape index (κ2) is 5.15. The van der Waals surface area contributed by atoms with E-state index in [1.165, 1.54) is 0 Å². The summed E-state index contributed by atoms with van der Waals surface area (Å²) in [6.45, 7) is 1.86. The van der Waals surface area contributed by atoms with Crippen LogP contribution in [0.2, 0.25) is 0 Å². The molecule has 0 fully saturated rings. The van der Waals surface area contributed by atoms with Crippen LogP contribution in [0.4, 0.5) is 17.5 Å². The van der Waals surface area contributed by atoms with Gasteiger partial charge >= 0.3 is 0 Å². The predicted molar refractivity (Wildman–Crippen MR) is 70.2 cm³/mol. The van der Waals surface area contributed by atoms with E-state index in [4.69, 9.17) is 11.0 Å². The van der Waals surface area contributed by atoms with Gasteiger partial charge in [-0.15, -0.1) is 0 Å². The van der Waals surface area contributed by atoms with Crippen molar-refractivity contribution in [2.75, 3.05) is 11.1 Å². The van der Waals surface area contributed by atoms with E-state index in [9.17, 15) is 0 Å². The van der Waals surface area contributed by atoms with Crippen molar-refractivity contribution in [2.45, 2.75) is 13.3 Å². The van der Waals surface area contributed by atoms with Crippen LogP contribution in [0, 0.1) is 18.3 Å². The van der Waals surface area contributed by atoms with E-state index in [-0.39, 0.29) is 5.95 Å². The normalized spacial score (nSPS) is 9.78. The van der Waals surface area contributed by atoms with Gasteiger partial charge in [-0.2, -0.15) is 10.2 Å². The van der Waals surface area contributed by atoms with E-state index in [0.29, 0.717) is 12.2 Å². The third-order valence-corrected chi connectivity index (χ3v) is 2.38. The lowest BCUT2D eigenvalue weighted by Crippen LogP contribution is -2.01. The molecule has 0 amide bonds. The fraction of sp³-hybridized carbons (Fsp3) is 0.154. The maximum atomic E-state index is 8.59. The highest BCUT2D eigenvalue weighted by molar-refractivity contribution is 5.57. The minimum absolute atomic E-state index is 0.249. The van der Waals surface area contributed by atoms with Crippen molar-refractivity contribution in [1.82, 2.24) is 9.97 Å². The maximum absolute atomic E-state index is 8.59. The molecule has 0 unspecified atom stereocenters. The summed E-state index contributed by atoms with van der Waals surface area (Å²) in [5, 5.41) is 11.7. The molecule has 1 aromatic carbocycles. The van der Waals surface area contributed by atoms with E-state index < -0.39 is 0 Å². The van der Waals surface area contributed by atoms with Crippen LogP contribution < -0.4 is 11.1 Å². The lowest BCUT2D eigenvalue weighted by molar-refractivity contribution is 1.12. The maximum Gasteiger partial charge on any atom is 0.222 e. The van der Waals surface area contributed by atoms with Crippen LogP contribution in [0.25, 0.3) is 0 Å². The fourth-order valence-corrected chi connectivity index (χ4v) is 1.60. The number of aryl methyl sites for hydroxylation is 1. The minimum Gasteiger partial charge on any atom is -0.368 e. The second-order valence-electron chi connectivity index (χ2n) is 3.91. The summed E-state index contributed by atoms with van der Waals surface area (Å²) in [7, 11) is 0. The zero-order valence-electron chi connectivity index (χ0n) is 10.0. The van der Waals surface area contributed by atoms with Crippen LogP contribution in [0.15, 0.2) is 30.3 Å². The zero-order chi connectivity index (χ0) is 13.0. The molecule has 0 saturated carbocycles. The molecule has 0 radical (unpaired) electrons. The Balaban J connectivity index is 2.16. The first-order valence-electron chi connectivity index (χ1n) is 5.51. The van der Waals surface area contributed by atoms with E-state index in [1.807, 2.05) is 37.3 Å². The van der Waals surface area contributed by atoms with Crippen LogP contribution in [-0.2, 0) is 6.42 Å². The Morgan fingerprint density at radius 1 is 1.28 bits per heavy atom. The SMILES string of the molecule is Cc1cc(Nc2ccc(CC#N)cc2)nc(N)n1. The van der Waals surface area contributed by atoms with Gasteiger partial charge in [0.05, 0.1) is 12.5 Å². The smallest absolute Gasteiger partial charge is 0.222 e. The second-order valence-corrected chi connectivity index (χ2v) is 3.91. The summed E-state index contributed by atoms with van der Waals surface area (Å²) in [6.07, 6.45) is 0.417. The van der Waals surface area contributed by atoms with Gasteiger partial charge < -0.3 is 11.1 Å². The summed E-state index contributed by atoms with van der Waals surface area (Å²) in [4.78, 5) is 8.10. The van der Waals surface area contributed by atoms with Gasteiger partial charge in [0, 0.05) is 17.4 Å². The first-order valence-corrected chi connectivity index (χ1v) is 5.51. The standard InChI is InChI=1S/C13H13N5/c1-9-8-12(18-13(15)16-9)17-11-4-2-10(3-5-11)6-7-14/h2-5,8H,6H2,1H3,(H3,15,16,17,18). The quantitative estimate of drug-likeness (QED) is 0.857. The summed E-state index contributed by atoms with van der Waals surface area (Å²) in [5.74, 6) is 0.909. The van der Waals surface area contributed by atoms with Gasteiger partial charge in [-0.05, 0) is 24.6 Å². The van der Waals surface area contributed by atoms with Gasteiger partial charge in [0.25, 0.3) is 0 Å². The number of hydrogen-bond donors (Lipinski definition) is 2. The minimum atomic E-state index is 0.249. The number of nitrogens with two attached hydrogens (primary N) is 1. The van der Waals surface area contributed by atoms with Crippen LogP contribution >= 0.6 is 0 Å². The number of rotatable bonds is 3. The van der Waals surface area contributed by atoms with Crippen LogP contribution in [0.3, 0.4) is 0 Å². The van der Waals surface area contributed by atoms with Crippen molar-refractivity contribution in [3.8, 4) is 6.07 Å². The van der Waals surface area contributed by atoms with Crippen LogP contribution in [-0.4, -0.2) is 9.97 Å². The monoisotopic (exact) mass is 239 g/mol. The van der Waals surface area contributed by atoms with Crippen molar-refractivity contribution in [1.29, 1.82) is 5.26 Å². The summed E-state index contributed by atoms with van der Waals surface area (Å²) >= 11 is 0. The largest absolute Gasteiger partial charge is 0.368 e. The molecule has 0 bridgehead atoms. The molecule has 0 spiro atoms. The van der Waals surface area contributed by atoms with Crippen molar-refractivity contribution >= 4 is 17.5 Å². The van der Waals surface area contributed by atoms with E-state index in [1.54, 1.807) is 0 Å². The number of anilines is 3. The lowest BCUT2D eigenvalue weighted by Gasteiger charge is -2.07.